The highest BCUT2D eigenvalue weighted by atomic mass is 35.5. The van der Waals surface area contributed by atoms with Gasteiger partial charge in [-0.3, -0.25) is 4.79 Å². The van der Waals surface area contributed by atoms with Gasteiger partial charge in [-0.05, 0) is 36.4 Å². The molecule has 2 fully saturated rings. The third-order valence-electron chi connectivity index (χ3n) is 4.57. The Labute approximate surface area is 176 Å². The van der Waals surface area contributed by atoms with Crippen LogP contribution in [-0.4, -0.2) is 48.9 Å². The number of ether oxygens (including phenoxy) is 1. The summed E-state index contributed by atoms with van der Waals surface area (Å²) in [6.45, 7) is -0.301. The molecule has 0 bridgehead atoms. The Bertz CT molecular complexity index is 1080. The highest BCUT2D eigenvalue weighted by molar-refractivity contribution is 8.16. The lowest BCUT2D eigenvalue weighted by Gasteiger charge is -2.24. The number of carbonyl (C=O) groups excluding carboxylic acids is 1. The topological polar surface area (TPSA) is 76.0 Å². The van der Waals surface area contributed by atoms with Crippen molar-refractivity contribution in [3.8, 4) is 5.75 Å². The molecule has 2 aromatic rings. The highest BCUT2D eigenvalue weighted by Crippen LogP contribution is 2.41. The summed E-state index contributed by atoms with van der Waals surface area (Å²) in [5.41, 5.74) is 0.203. The van der Waals surface area contributed by atoms with Crippen LogP contribution in [0.2, 0.25) is 5.02 Å². The average molecular weight is 455 g/mol. The number of carbonyl (C=O) groups is 1. The molecule has 1 amide bonds. The summed E-state index contributed by atoms with van der Waals surface area (Å²) in [6.07, 6.45) is 0. The first-order valence-corrected chi connectivity index (χ1v) is 11.8. The van der Waals surface area contributed by atoms with E-state index >= 15 is 0 Å². The molecule has 2 atom stereocenters. The maximum atomic E-state index is 14.4. The number of anilines is 1. The largest absolute Gasteiger partial charge is 0.484 e. The molecule has 0 saturated carbocycles. The van der Waals surface area contributed by atoms with Gasteiger partial charge < -0.3 is 9.64 Å². The molecule has 0 aromatic heterocycles. The van der Waals surface area contributed by atoms with Gasteiger partial charge >= 0.3 is 0 Å². The van der Waals surface area contributed by atoms with E-state index in [1.54, 1.807) is 42.5 Å². The van der Waals surface area contributed by atoms with E-state index in [2.05, 4.69) is 4.99 Å². The Balaban J connectivity index is 1.57. The van der Waals surface area contributed by atoms with Gasteiger partial charge in [-0.25, -0.2) is 12.8 Å². The van der Waals surface area contributed by atoms with Crippen molar-refractivity contribution in [3.05, 3.63) is 59.4 Å². The smallest absolute Gasteiger partial charge is 0.285 e. The molecule has 152 valence electrons. The molecule has 29 heavy (non-hydrogen) atoms. The zero-order valence-electron chi connectivity index (χ0n) is 15.0. The third-order valence-corrected chi connectivity index (χ3v) is 8.04. The average Bonchev–Trinajstić information content (AvgIpc) is 3.13. The predicted octanol–water partition coefficient (Wildman–Crippen LogP) is 3.16. The van der Waals surface area contributed by atoms with Gasteiger partial charge in [-0.1, -0.05) is 35.5 Å². The van der Waals surface area contributed by atoms with Gasteiger partial charge in [0.1, 0.15) is 11.6 Å². The number of hydrogen-bond acceptors (Lipinski definition) is 5. The van der Waals surface area contributed by atoms with Crippen LogP contribution >= 0.6 is 23.4 Å². The summed E-state index contributed by atoms with van der Waals surface area (Å²) >= 11 is 7.00. The Hall–Kier alpha value is -2.10. The number of hydrogen-bond donors (Lipinski definition) is 0. The second-order valence-electron chi connectivity index (χ2n) is 6.65. The zero-order valence-corrected chi connectivity index (χ0v) is 17.4. The maximum absolute atomic E-state index is 14.4. The Kier molecular flexibility index (Phi) is 5.54. The van der Waals surface area contributed by atoms with Crippen LogP contribution in [0.4, 0.5) is 10.1 Å². The second kappa shape index (κ2) is 7.97. The van der Waals surface area contributed by atoms with Gasteiger partial charge in [0.2, 0.25) is 0 Å². The molecule has 2 aliphatic rings. The molecule has 2 saturated heterocycles. The number of aliphatic imine (C=N–C) groups is 1. The minimum absolute atomic E-state index is 0.0260. The van der Waals surface area contributed by atoms with Gasteiger partial charge in [0.25, 0.3) is 5.91 Å². The summed E-state index contributed by atoms with van der Waals surface area (Å²) in [5, 5.41) is 0.529. The van der Waals surface area contributed by atoms with Crippen LogP contribution in [0.15, 0.2) is 53.5 Å². The number of benzene rings is 2. The first-order valence-electron chi connectivity index (χ1n) is 8.73. The van der Waals surface area contributed by atoms with Crippen LogP contribution in [0.25, 0.3) is 0 Å². The summed E-state index contributed by atoms with van der Waals surface area (Å²) in [6, 6.07) is 12.1. The van der Waals surface area contributed by atoms with Crippen molar-refractivity contribution in [2.75, 3.05) is 23.0 Å². The first-order chi connectivity index (χ1) is 13.8. The molecule has 0 aliphatic carbocycles. The number of amides is 1. The summed E-state index contributed by atoms with van der Waals surface area (Å²) in [7, 11) is -3.22. The lowest BCUT2D eigenvalue weighted by atomic mass is 10.2. The number of sulfone groups is 1. The quantitative estimate of drug-likeness (QED) is 0.706. The van der Waals surface area contributed by atoms with E-state index in [1.807, 2.05) is 0 Å². The summed E-state index contributed by atoms with van der Waals surface area (Å²) in [4.78, 5) is 18.0. The van der Waals surface area contributed by atoms with Gasteiger partial charge in [-0.15, -0.1) is 0 Å². The minimum atomic E-state index is -3.22. The number of rotatable bonds is 4. The molecule has 4 rings (SSSR count). The SMILES string of the molecule is O=C(COc1ccc(Cl)cc1)N=C1SC2CS(=O)(=O)CC2N1c1ccccc1F. The van der Waals surface area contributed by atoms with Gasteiger partial charge in [0.15, 0.2) is 21.6 Å². The van der Waals surface area contributed by atoms with Crippen LogP contribution in [0, 0.1) is 5.82 Å². The maximum Gasteiger partial charge on any atom is 0.285 e. The lowest BCUT2D eigenvalue weighted by Crippen LogP contribution is -2.38. The van der Waals surface area contributed by atoms with E-state index < -0.39 is 27.6 Å². The monoisotopic (exact) mass is 454 g/mol. The van der Waals surface area contributed by atoms with Crippen LogP contribution in [0.3, 0.4) is 0 Å². The molecular formula is C19H16ClFN2O4S2. The van der Waals surface area contributed by atoms with Crippen molar-refractivity contribution < 1.29 is 22.3 Å². The molecule has 10 heteroatoms. The normalized spacial score (nSPS) is 23.9. The fraction of sp³-hybridized carbons (Fsp3) is 0.263. The van der Waals surface area contributed by atoms with Crippen molar-refractivity contribution in [1.29, 1.82) is 0 Å². The number of para-hydroxylation sites is 1. The van der Waals surface area contributed by atoms with Crippen molar-refractivity contribution in [1.82, 2.24) is 0 Å². The summed E-state index contributed by atoms with van der Waals surface area (Å²) in [5.74, 6) is -0.715. The molecule has 2 heterocycles. The fourth-order valence-corrected chi connectivity index (χ4v) is 7.36. The van der Waals surface area contributed by atoms with Crippen LogP contribution in [0.1, 0.15) is 0 Å². The van der Waals surface area contributed by atoms with E-state index in [0.29, 0.717) is 10.8 Å². The van der Waals surface area contributed by atoms with Crippen molar-refractivity contribution in [3.63, 3.8) is 0 Å². The molecule has 0 N–H and O–H groups in total. The summed E-state index contributed by atoms with van der Waals surface area (Å²) < 4.78 is 43.9. The number of amidine groups is 1. The molecule has 2 unspecified atom stereocenters. The van der Waals surface area contributed by atoms with Gasteiger partial charge in [-0.2, -0.15) is 4.99 Å². The zero-order chi connectivity index (χ0) is 20.6. The number of halogens is 2. The molecule has 6 nitrogen and oxygen atoms in total. The third kappa shape index (κ3) is 4.41. The molecule has 2 aromatic carbocycles. The molecule has 2 aliphatic heterocycles. The van der Waals surface area contributed by atoms with Crippen LogP contribution in [-0.2, 0) is 14.6 Å². The van der Waals surface area contributed by atoms with E-state index in [-0.39, 0.29) is 34.2 Å². The van der Waals surface area contributed by atoms with E-state index in [9.17, 15) is 17.6 Å². The highest BCUT2D eigenvalue weighted by Gasteiger charge is 2.49. The van der Waals surface area contributed by atoms with Crippen molar-refractivity contribution in [2.45, 2.75) is 11.3 Å². The molecular weight excluding hydrogens is 439 g/mol. The number of thioether (sulfide) groups is 1. The van der Waals surface area contributed by atoms with Crippen molar-refractivity contribution >= 4 is 50.0 Å². The Morgan fingerprint density at radius 3 is 2.66 bits per heavy atom. The van der Waals surface area contributed by atoms with Crippen LogP contribution < -0.4 is 9.64 Å². The van der Waals surface area contributed by atoms with E-state index in [4.69, 9.17) is 16.3 Å². The number of fused-ring (bicyclic) bond motifs is 1. The van der Waals surface area contributed by atoms with Gasteiger partial charge in [0, 0.05) is 10.3 Å². The standard InChI is InChI=1S/C19H16ClFN2O4S2/c20-12-5-7-13(8-6-12)27-9-18(24)22-19-23(15-4-2-1-3-14(15)21)16-10-29(25,26)11-17(16)28-19/h1-8,16-17H,9-11H2. The molecule has 0 spiro atoms. The fourth-order valence-electron chi connectivity index (χ4n) is 3.31. The minimum Gasteiger partial charge on any atom is -0.484 e. The Morgan fingerprint density at radius 1 is 1.21 bits per heavy atom. The first kappa shape index (κ1) is 20.2. The Morgan fingerprint density at radius 2 is 1.93 bits per heavy atom. The predicted molar refractivity (Wildman–Crippen MR) is 112 cm³/mol. The van der Waals surface area contributed by atoms with Gasteiger partial charge in [0.05, 0.1) is 23.2 Å². The second-order valence-corrected chi connectivity index (χ2v) is 10.4. The van der Waals surface area contributed by atoms with E-state index in [1.165, 1.54) is 22.7 Å². The lowest BCUT2D eigenvalue weighted by molar-refractivity contribution is -0.119. The van der Waals surface area contributed by atoms with Crippen molar-refractivity contribution in [2.24, 2.45) is 4.99 Å². The number of nitrogens with zero attached hydrogens (tertiary/aromatic N) is 2. The molecule has 0 radical (unpaired) electrons. The van der Waals surface area contributed by atoms with Crippen LogP contribution in [0.5, 0.6) is 5.75 Å². The van der Waals surface area contributed by atoms with E-state index in [0.717, 1.165) is 0 Å².